The summed E-state index contributed by atoms with van der Waals surface area (Å²) in [4.78, 5) is 28.3. The second-order valence-corrected chi connectivity index (χ2v) is 6.87. The van der Waals surface area contributed by atoms with Crippen molar-refractivity contribution in [2.24, 2.45) is 0 Å². The molecule has 2 amide bonds. The van der Waals surface area contributed by atoms with Gasteiger partial charge < -0.3 is 19.9 Å². The molecule has 0 spiro atoms. The molecule has 0 radical (unpaired) electrons. The summed E-state index contributed by atoms with van der Waals surface area (Å²) in [6.07, 6.45) is 1.41. The van der Waals surface area contributed by atoms with Crippen LogP contribution in [-0.4, -0.2) is 62.1 Å². The van der Waals surface area contributed by atoms with Crippen molar-refractivity contribution in [1.82, 2.24) is 10.2 Å². The average Bonchev–Trinajstić information content (AvgIpc) is 2.66. The van der Waals surface area contributed by atoms with E-state index in [2.05, 4.69) is 17.1 Å². The molecule has 1 aromatic carbocycles. The number of hydrogen-bond acceptors (Lipinski definition) is 4. The van der Waals surface area contributed by atoms with Crippen molar-refractivity contribution in [3.05, 3.63) is 29.3 Å². The van der Waals surface area contributed by atoms with Gasteiger partial charge >= 0.3 is 0 Å². The van der Waals surface area contributed by atoms with Crippen LogP contribution in [0.3, 0.4) is 0 Å². The molecule has 1 unspecified atom stereocenters. The van der Waals surface area contributed by atoms with Crippen molar-refractivity contribution in [2.75, 3.05) is 44.2 Å². The van der Waals surface area contributed by atoms with Crippen LogP contribution in [-0.2, 0) is 14.3 Å². The molecule has 6 nitrogen and oxygen atoms in total. The molecule has 1 aliphatic heterocycles. The molecule has 1 heterocycles. The van der Waals surface area contributed by atoms with Gasteiger partial charge in [-0.2, -0.15) is 0 Å². The van der Waals surface area contributed by atoms with Crippen LogP contribution in [0.25, 0.3) is 0 Å². The van der Waals surface area contributed by atoms with Gasteiger partial charge in [0.25, 0.3) is 0 Å². The van der Waals surface area contributed by atoms with Gasteiger partial charge in [-0.3, -0.25) is 9.59 Å². The van der Waals surface area contributed by atoms with Crippen LogP contribution in [0, 0.1) is 0 Å². The van der Waals surface area contributed by atoms with Gasteiger partial charge in [-0.05, 0) is 31.5 Å². The maximum atomic E-state index is 12.3. The summed E-state index contributed by atoms with van der Waals surface area (Å²) in [5.41, 5.74) is 1.07. The number of amides is 2. The minimum atomic E-state index is -0.533. The number of benzene rings is 1. The van der Waals surface area contributed by atoms with Crippen molar-refractivity contribution < 1.29 is 14.3 Å². The predicted octanol–water partition coefficient (Wildman–Crippen LogP) is 2.31. The first-order chi connectivity index (χ1) is 12.5. The highest BCUT2D eigenvalue weighted by atomic mass is 35.5. The SMILES string of the molecule is CCCCOC(C)C(=O)NCC(=O)N1CCN(c2cccc(Cl)c2)CC1. The number of carbonyl (C=O) groups excluding carboxylic acids is 2. The molecule has 0 aromatic heterocycles. The first-order valence-corrected chi connectivity index (χ1v) is 9.56. The zero-order valence-electron chi connectivity index (χ0n) is 15.5. The highest BCUT2D eigenvalue weighted by Crippen LogP contribution is 2.20. The molecule has 0 saturated carbocycles. The lowest BCUT2D eigenvalue weighted by Crippen LogP contribution is -2.51. The summed E-state index contributed by atoms with van der Waals surface area (Å²) < 4.78 is 5.44. The number of rotatable bonds is 8. The highest BCUT2D eigenvalue weighted by Gasteiger charge is 2.22. The number of piperazine rings is 1. The van der Waals surface area contributed by atoms with Crippen molar-refractivity contribution in [3.63, 3.8) is 0 Å². The molecule has 26 heavy (non-hydrogen) atoms. The summed E-state index contributed by atoms with van der Waals surface area (Å²) in [5.74, 6) is -0.308. The van der Waals surface area contributed by atoms with Gasteiger partial charge in [0.1, 0.15) is 6.10 Å². The quantitative estimate of drug-likeness (QED) is 0.702. The smallest absolute Gasteiger partial charge is 0.249 e. The van der Waals surface area contributed by atoms with Gasteiger partial charge in [-0.15, -0.1) is 0 Å². The first-order valence-electron chi connectivity index (χ1n) is 9.19. The number of nitrogens with one attached hydrogen (secondary N) is 1. The van der Waals surface area contributed by atoms with E-state index in [1.165, 1.54) is 0 Å². The molecular formula is C19H28ClN3O3. The van der Waals surface area contributed by atoms with Crippen molar-refractivity contribution in [3.8, 4) is 0 Å². The Hall–Kier alpha value is -1.79. The fourth-order valence-corrected chi connectivity index (χ4v) is 2.97. The summed E-state index contributed by atoms with van der Waals surface area (Å²) in [5, 5.41) is 3.38. The average molecular weight is 382 g/mol. The number of hydrogen-bond donors (Lipinski definition) is 1. The first kappa shape index (κ1) is 20.5. The van der Waals surface area contributed by atoms with E-state index >= 15 is 0 Å². The number of halogens is 1. The largest absolute Gasteiger partial charge is 0.369 e. The molecule has 0 aliphatic carbocycles. The van der Waals surface area contributed by atoms with Crippen LogP contribution in [0.4, 0.5) is 5.69 Å². The van der Waals surface area contributed by atoms with E-state index in [-0.39, 0.29) is 18.4 Å². The topological polar surface area (TPSA) is 61.9 Å². The molecule has 7 heteroatoms. The zero-order chi connectivity index (χ0) is 18.9. The Bertz CT molecular complexity index is 603. The van der Waals surface area contributed by atoms with Gasteiger partial charge in [-0.25, -0.2) is 0 Å². The lowest BCUT2D eigenvalue weighted by atomic mass is 10.2. The molecule has 1 aliphatic rings. The van der Waals surface area contributed by atoms with Gasteiger partial charge in [0, 0.05) is 43.5 Å². The lowest BCUT2D eigenvalue weighted by molar-refractivity contribution is -0.137. The van der Waals surface area contributed by atoms with Crippen LogP contribution in [0.1, 0.15) is 26.7 Å². The maximum absolute atomic E-state index is 12.3. The van der Waals surface area contributed by atoms with Gasteiger partial charge in [0.05, 0.1) is 6.54 Å². The predicted molar refractivity (Wildman–Crippen MR) is 104 cm³/mol. The Morgan fingerprint density at radius 1 is 1.27 bits per heavy atom. The second kappa shape index (κ2) is 10.4. The van der Waals surface area contributed by atoms with Crippen molar-refractivity contribution in [2.45, 2.75) is 32.8 Å². The molecular weight excluding hydrogens is 354 g/mol. The highest BCUT2D eigenvalue weighted by molar-refractivity contribution is 6.30. The fraction of sp³-hybridized carbons (Fsp3) is 0.579. The number of ether oxygens (including phenoxy) is 1. The van der Waals surface area contributed by atoms with Gasteiger partial charge in [0.2, 0.25) is 11.8 Å². The summed E-state index contributed by atoms with van der Waals surface area (Å²) >= 11 is 6.04. The molecule has 144 valence electrons. The van der Waals surface area contributed by atoms with Gasteiger partial charge in [-0.1, -0.05) is 31.0 Å². The molecule has 0 bridgehead atoms. The normalized spacial score (nSPS) is 15.7. The molecule has 1 atom stereocenters. The van der Waals surface area contributed by atoms with Crippen LogP contribution >= 0.6 is 11.6 Å². The van der Waals surface area contributed by atoms with Crippen LogP contribution in [0.5, 0.6) is 0 Å². The molecule has 1 N–H and O–H groups in total. The summed E-state index contributed by atoms with van der Waals surface area (Å²) in [6.45, 7) is 7.10. The van der Waals surface area contributed by atoms with E-state index in [1.807, 2.05) is 24.3 Å². The lowest BCUT2D eigenvalue weighted by Gasteiger charge is -2.36. The Morgan fingerprint density at radius 3 is 2.65 bits per heavy atom. The third-order valence-corrected chi connectivity index (χ3v) is 4.69. The Labute approximate surface area is 160 Å². The summed E-state index contributed by atoms with van der Waals surface area (Å²) in [7, 11) is 0. The van der Waals surface area contributed by atoms with Crippen molar-refractivity contribution >= 4 is 29.1 Å². The maximum Gasteiger partial charge on any atom is 0.249 e. The van der Waals surface area contributed by atoms with E-state index in [9.17, 15) is 9.59 Å². The number of nitrogens with zero attached hydrogens (tertiary/aromatic N) is 2. The van der Waals surface area contributed by atoms with E-state index in [0.717, 1.165) is 31.6 Å². The van der Waals surface area contributed by atoms with E-state index in [4.69, 9.17) is 16.3 Å². The number of unbranched alkanes of at least 4 members (excludes halogenated alkanes) is 1. The Morgan fingerprint density at radius 2 is 2.00 bits per heavy atom. The standard InChI is InChI=1S/C19H28ClN3O3/c1-3-4-12-26-15(2)19(25)21-14-18(24)23-10-8-22(9-11-23)17-7-5-6-16(20)13-17/h5-7,13,15H,3-4,8-12,14H2,1-2H3,(H,21,25). The monoisotopic (exact) mass is 381 g/mol. The summed E-state index contributed by atoms with van der Waals surface area (Å²) in [6, 6.07) is 7.72. The minimum Gasteiger partial charge on any atom is -0.369 e. The van der Waals surface area contributed by atoms with E-state index in [1.54, 1.807) is 11.8 Å². The molecule has 1 aromatic rings. The van der Waals surface area contributed by atoms with Gasteiger partial charge in [0.15, 0.2) is 0 Å². The third kappa shape index (κ3) is 6.18. The second-order valence-electron chi connectivity index (χ2n) is 6.43. The molecule has 2 rings (SSSR count). The third-order valence-electron chi connectivity index (χ3n) is 4.45. The van der Waals surface area contributed by atoms with Crippen LogP contribution in [0.2, 0.25) is 5.02 Å². The Kier molecular flexibility index (Phi) is 8.19. The van der Waals surface area contributed by atoms with Crippen LogP contribution < -0.4 is 10.2 Å². The minimum absolute atomic E-state index is 0.0114. The molecule has 1 fully saturated rings. The zero-order valence-corrected chi connectivity index (χ0v) is 16.3. The fourth-order valence-electron chi connectivity index (χ4n) is 2.79. The van der Waals surface area contributed by atoms with E-state index in [0.29, 0.717) is 24.7 Å². The number of carbonyl (C=O) groups is 2. The number of anilines is 1. The van der Waals surface area contributed by atoms with Crippen LogP contribution in [0.15, 0.2) is 24.3 Å². The van der Waals surface area contributed by atoms with E-state index < -0.39 is 6.10 Å². The Balaban J connectivity index is 1.72. The van der Waals surface area contributed by atoms with Crippen molar-refractivity contribution in [1.29, 1.82) is 0 Å². The molecule has 1 saturated heterocycles.